The Hall–Kier alpha value is -2.20. The van der Waals surface area contributed by atoms with Crippen molar-refractivity contribution < 1.29 is 13.2 Å². The predicted octanol–water partition coefficient (Wildman–Crippen LogP) is 4.34. The Morgan fingerprint density at radius 2 is 1.88 bits per heavy atom. The maximum absolute atomic E-state index is 13.2. The SMILES string of the molecule is CC(C)n1c(=O)sc2cc(S(=O)(=O)N3CCC(C(=O)Nc4cccc(Cl)c4)CC3)ccc21. The maximum Gasteiger partial charge on any atom is 0.308 e. The van der Waals surface area contributed by atoms with Crippen LogP contribution >= 0.6 is 22.9 Å². The summed E-state index contributed by atoms with van der Waals surface area (Å²) < 4.78 is 30.1. The minimum atomic E-state index is -3.71. The highest BCUT2D eigenvalue weighted by atomic mass is 35.5. The summed E-state index contributed by atoms with van der Waals surface area (Å²) in [5.41, 5.74) is 1.36. The molecule has 1 aliphatic rings. The Labute approximate surface area is 195 Å². The van der Waals surface area contributed by atoms with Gasteiger partial charge < -0.3 is 5.32 Å². The van der Waals surface area contributed by atoms with Crippen LogP contribution in [0.25, 0.3) is 10.2 Å². The first kappa shape index (κ1) is 23.0. The van der Waals surface area contributed by atoms with Crippen molar-refractivity contribution in [2.75, 3.05) is 18.4 Å². The highest BCUT2D eigenvalue weighted by Crippen LogP contribution is 2.29. The molecule has 2 heterocycles. The summed E-state index contributed by atoms with van der Waals surface area (Å²) in [7, 11) is -3.71. The van der Waals surface area contributed by atoms with Crippen molar-refractivity contribution in [1.29, 1.82) is 0 Å². The van der Waals surface area contributed by atoms with Crippen molar-refractivity contribution >= 4 is 54.8 Å². The second-order valence-corrected chi connectivity index (χ2v) is 11.5. The van der Waals surface area contributed by atoms with E-state index in [0.29, 0.717) is 28.3 Å². The molecule has 0 bridgehead atoms. The molecule has 0 spiro atoms. The standard InChI is InChI=1S/C22H24ClN3O4S2/c1-14(2)26-19-7-6-18(13-20(19)31-22(26)28)32(29,30)25-10-8-15(9-11-25)21(27)24-17-5-3-4-16(23)12-17/h3-7,12-15H,8-11H2,1-2H3,(H,24,27). The zero-order chi connectivity index (χ0) is 23.0. The summed E-state index contributed by atoms with van der Waals surface area (Å²) >= 11 is 7.01. The number of carbonyl (C=O) groups is 1. The van der Waals surface area contributed by atoms with Gasteiger partial charge in [-0.05, 0) is 63.1 Å². The number of hydrogen-bond donors (Lipinski definition) is 1. The van der Waals surface area contributed by atoms with E-state index in [1.807, 2.05) is 13.8 Å². The van der Waals surface area contributed by atoms with Gasteiger partial charge in [0.25, 0.3) is 0 Å². The molecule has 1 N–H and O–H groups in total. The van der Waals surface area contributed by atoms with E-state index in [1.165, 1.54) is 4.31 Å². The normalized spacial score (nSPS) is 16.0. The number of piperidine rings is 1. The van der Waals surface area contributed by atoms with Crippen molar-refractivity contribution in [2.45, 2.75) is 37.6 Å². The van der Waals surface area contributed by atoms with Crippen LogP contribution in [0.2, 0.25) is 5.02 Å². The fourth-order valence-corrected chi connectivity index (χ4v) is 6.80. The molecule has 1 aromatic heterocycles. The van der Waals surface area contributed by atoms with E-state index < -0.39 is 10.0 Å². The van der Waals surface area contributed by atoms with E-state index in [-0.39, 0.29) is 40.7 Å². The number of thiazole rings is 1. The molecule has 0 atom stereocenters. The van der Waals surface area contributed by atoms with Crippen LogP contribution in [-0.2, 0) is 14.8 Å². The van der Waals surface area contributed by atoms with Gasteiger partial charge >= 0.3 is 4.87 Å². The third kappa shape index (κ3) is 4.47. The molecular weight excluding hydrogens is 470 g/mol. The number of amides is 1. The molecule has 1 saturated heterocycles. The average molecular weight is 494 g/mol. The zero-order valence-corrected chi connectivity index (χ0v) is 20.1. The van der Waals surface area contributed by atoms with E-state index in [9.17, 15) is 18.0 Å². The second-order valence-electron chi connectivity index (χ2n) is 8.14. The summed E-state index contributed by atoms with van der Waals surface area (Å²) in [5, 5.41) is 3.39. The fourth-order valence-electron chi connectivity index (χ4n) is 3.98. The van der Waals surface area contributed by atoms with Gasteiger partial charge in [0, 0.05) is 35.8 Å². The van der Waals surface area contributed by atoms with E-state index in [4.69, 9.17) is 11.6 Å². The summed E-state index contributed by atoms with van der Waals surface area (Å²) in [6.45, 7) is 4.37. The van der Waals surface area contributed by atoms with Crippen LogP contribution in [0.4, 0.5) is 5.69 Å². The van der Waals surface area contributed by atoms with Gasteiger partial charge in [-0.3, -0.25) is 14.2 Å². The molecule has 0 unspecified atom stereocenters. The number of nitrogens with one attached hydrogen (secondary N) is 1. The van der Waals surface area contributed by atoms with Crippen LogP contribution in [0.1, 0.15) is 32.7 Å². The Morgan fingerprint density at radius 3 is 2.53 bits per heavy atom. The quantitative estimate of drug-likeness (QED) is 0.572. The number of aromatic nitrogens is 1. The van der Waals surface area contributed by atoms with Gasteiger partial charge in [0.05, 0.1) is 15.1 Å². The molecular formula is C22H24ClN3O4S2. The number of benzene rings is 2. The van der Waals surface area contributed by atoms with E-state index in [0.717, 1.165) is 16.9 Å². The highest BCUT2D eigenvalue weighted by Gasteiger charge is 2.32. The third-order valence-electron chi connectivity index (χ3n) is 5.66. The van der Waals surface area contributed by atoms with Crippen molar-refractivity contribution in [2.24, 2.45) is 5.92 Å². The molecule has 0 aliphatic carbocycles. The molecule has 1 fully saturated rings. The van der Waals surface area contributed by atoms with E-state index in [1.54, 1.807) is 47.0 Å². The third-order valence-corrected chi connectivity index (χ3v) is 8.70. The molecule has 0 saturated carbocycles. The Kier molecular flexibility index (Phi) is 6.44. The van der Waals surface area contributed by atoms with Gasteiger partial charge in [0.15, 0.2) is 0 Å². The molecule has 1 aliphatic heterocycles. The Balaban J connectivity index is 1.47. The number of fused-ring (bicyclic) bond motifs is 1. The topological polar surface area (TPSA) is 88.5 Å². The second kappa shape index (κ2) is 8.97. The molecule has 2 aromatic carbocycles. The lowest BCUT2D eigenvalue weighted by Crippen LogP contribution is -2.41. The molecule has 3 aromatic rings. The monoisotopic (exact) mass is 493 g/mol. The lowest BCUT2D eigenvalue weighted by Gasteiger charge is -2.30. The van der Waals surface area contributed by atoms with Crippen molar-refractivity contribution in [1.82, 2.24) is 8.87 Å². The van der Waals surface area contributed by atoms with Crippen LogP contribution in [0.5, 0.6) is 0 Å². The first-order valence-corrected chi connectivity index (χ1v) is 13.0. The largest absolute Gasteiger partial charge is 0.326 e. The summed E-state index contributed by atoms with van der Waals surface area (Å²) in [4.78, 5) is 24.9. The number of carbonyl (C=O) groups excluding carboxylic acids is 1. The van der Waals surface area contributed by atoms with Gasteiger partial charge in [-0.2, -0.15) is 4.31 Å². The lowest BCUT2D eigenvalue weighted by atomic mass is 9.97. The maximum atomic E-state index is 13.2. The van der Waals surface area contributed by atoms with Crippen LogP contribution in [0.15, 0.2) is 52.2 Å². The van der Waals surface area contributed by atoms with Crippen LogP contribution in [0.3, 0.4) is 0 Å². The number of nitrogens with zero attached hydrogens (tertiary/aromatic N) is 2. The van der Waals surface area contributed by atoms with Gasteiger partial charge in [-0.1, -0.05) is 29.0 Å². The zero-order valence-electron chi connectivity index (χ0n) is 17.7. The number of halogens is 1. The average Bonchev–Trinajstić information content (AvgIpc) is 3.09. The molecule has 4 rings (SSSR count). The Morgan fingerprint density at radius 1 is 1.16 bits per heavy atom. The Bertz CT molecular complexity index is 1320. The lowest BCUT2D eigenvalue weighted by molar-refractivity contribution is -0.120. The van der Waals surface area contributed by atoms with Crippen LogP contribution in [-0.4, -0.2) is 36.3 Å². The predicted molar refractivity (Wildman–Crippen MR) is 128 cm³/mol. The molecule has 7 nitrogen and oxygen atoms in total. The van der Waals surface area contributed by atoms with Crippen LogP contribution in [0, 0.1) is 5.92 Å². The minimum absolute atomic E-state index is 0.00390. The summed E-state index contributed by atoms with van der Waals surface area (Å²) in [5.74, 6) is -0.404. The molecule has 170 valence electrons. The highest BCUT2D eigenvalue weighted by molar-refractivity contribution is 7.89. The summed E-state index contributed by atoms with van der Waals surface area (Å²) in [6, 6.07) is 11.8. The van der Waals surface area contributed by atoms with Crippen molar-refractivity contribution in [3.8, 4) is 0 Å². The fraction of sp³-hybridized carbons (Fsp3) is 0.364. The number of rotatable bonds is 5. The van der Waals surface area contributed by atoms with Crippen molar-refractivity contribution in [3.63, 3.8) is 0 Å². The van der Waals surface area contributed by atoms with Gasteiger partial charge in [-0.25, -0.2) is 8.42 Å². The molecule has 1 amide bonds. The molecule has 0 radical (unpaired) electrons. The van der Waals surface area contributed by atoms with Gasteiger partial charge in [-0.15, -0.1) is 0 Å². The molecule has 32 heavy (non-hydrogen) atoms. The summed E-state index contributed by atoms with van der Waals surface area (Å²) in [6.07, 6.45) is 0.871. The van der Waals surface area contributed by atoms with Gasteiger partial charge in [0.2, 0.25) is 15.9 Å². The van der Waals surface area contributed by atoms with Crippen molar-refractivity contribution in [3.05, 3.63) is 57.2 Å². The van der Waals surface area contributed by atoms with Gasteiger partial charge in [0.1, 0.15) is 0 Å². The molecule has 10 heteroatoms. The number of sulfonamides is 1. The van der Waals surface area contributed by atoms with E-state index in [2.05, 4.69) is 5.32 Å². The number of anilines is 1. The van der Waals surface area contributed by atoms with E-state index >= 15 is 0 Å². The minimum Gasteiger partial charge on any atom is -0.326 e. The first-order chi connectivity index (χ1) is 15.2. The first-order valence-electron chi connectivity index (χ1n) is 10.4. The van der Waals surface area contributed by atoms with Crippen LogP contribution < -0.4 is 10.2 Å². The smallest absolute Gasteiger partial charge is 0.308 e. The number of hydrogen-bond acceptors (Lipinski definition) is 5.